The summed E-state index contributed by atoms with van der Waals surface area (Å²) in [6.07, 6.45) is 0.973. The largest absolute Gasteiger partial charge is 0.379 e. The minimum Gasteiger partial charge on any atom is -0.379 e. The molecule has 1 aliphatic rings. The summed E-state index contributed by atoms with van der Waals surface area (Å²) in [4.78, 5) is 10.5. The second-order valence-corrected chi connectivity index (χ2v) is 5.09. The molecule has 0 amide bonds. The van der Waals surface area contributed by atoms with Crippen LogP contribution in [0.4, 0.5) is 5.69 Å². The molecule has 0 bridgehead atoms. The van der Waals surface area contributed by atoms with Crippen LogP contribution in [0.3, 0.4) is 0 Å². The zero-order valence-corrected chi connectivity index (χ0v) is 10.7. The third kappa shape index (κ3) is 2.86. The molecule has 5 nitrogen and oxygen atoms in total. The predicted octanol–water partition coefficient (Wildman–Crippen LogP) is 2.17. The lowest BCUT2D eigenvalue weighted by Crippen LogP contribution is -2.42. The molecule has 0 aliphatic carbocycles. The van der Waals surface area contributed by atoms with Crippen LogP contribution >= 0.6 is 0 Å². The van der Waals surface area contributed by atoms with Crippen molar-refractivity contribution in [2.75, 3.05) is 13.2 Å². The fraction of sp³-hybridized carbons (Fsp3) is 0.538. The van der Waals surface area contributed by atoms with Crippen molar-refractivity contribution in [3.05, 3.63) is 39.4 Å². The van der Waals surface area contributed by atoms with Crippen LogP contribution in [0.25, 0.3) is 0 Å². The molecule has 1 aromatic rings. The quantitative estimate of drug-likeness (QED) is 0.657. The maximum absolute atomic E-state index is 10.9. The summed E-state index contributed by atoms with van der Waals surface area (Å²) in [5, 5.41) is 14.3. The van der Waals surface area contributed by atoms with E-state index in [1.54, 1.807) is 19.1 Å². The molecular weight excluding hydrogens is 232 g/mol. The van der Waals surface area contributed by atoms with Gasteiger partial charge >= 0.3 is 0 Å². The highest BCUT2D eigenvalue weighted by atomic mass is 16.6. The molecule has 1 saturated heterocycles. The highest BCUT2D eigenvalue weighted by molar-refractivity contribution is 5.42. The lowest BCUT2D eigenvalue weighted by molar-refractivity contribution is -0.385. The van der Waals surface area contributed by atoms with Crippen molar-refractivity contribution >= 4 is 5.69 Å². The van der Waals surface area contributed by atoms with E-state index in [-0.39, 0.29) is 16.1 Å². The number of nitro benzene ring substituents is 1. The van der Waals surface area contributed by atoms with E-state index in [9.17, 15) is 10.1 Å². The van der Waals surface area contributed by atoms with Crippen LogP contribution in [-0.4, -0.2) is 23.7 Å². The van der Waals surface area contributed by atoms with Crippen molar-refractivity contribution in [2.45, 2.75) is 32.4 Å². The number of hydrogen-bond acceptors (Lipinski definition) is 4. The highest BCUT2D eigenvalue weighted by Crippen LogP contribution is 2.21. The summed E-state index contributed by atoms with van der Waals surface area (Å²) in [6.45, 7) is 5.96. The summed E-state index contributed by atoms with van der Waals surface area (Å²) in [7, 11) is 0. The molecule has 1 aromatic carbocycles. The van der Waals surface area contributed by atoms with Crippen LogP contribution in [0.15, 0.2) is 18.2 Å². The Morgan fingerprint density at radius 2 is 2.33 bits per heavy atom. The minimum atomic E-state index is -0.334. The summed E-state index contributed by atoms with van der Waals surface area (Å²) in [5.41, 5.74) is 1.79. The predicted molar refractivity (Wildman–Crippen MR) is 68.5 cm³/mol. The Hall–Kier alpha value is -1.46. The first-order valence-electron chi connectivity index (χ1n) is 6.07. The average Bonchev–Trinajstić information content (AvgIpc) is 2.75. The number of nitro groups is 1. The van der Waals surface area contributed by atoms with Crippen LogP contribution in [-0.2, 0) is 11.3 Å². The average molecular weight is 250 g/mol. The normalized spacial score (nSPS) is 23.2. The second-order valence-electron chi connectivity index (χ2n) is 5.09. The van der Waals surface area contributed by atoms with Gasteiger partial charge in [0.15, 0.2) is 0 Å². The summed E-state index contributed by atoms with van der Waals surface area (Å²) in [5.74, 6) is 0. The van der Waals surface area contributed by atoms with Gasteiger partial charge in [0.25, 0.3) is 5.69 Å². The summed E-state index contributed by atoms with van der Waals surface area (Å²) < 4.78 is 5.36. The molecule has 98 valence electrons. The Morgan fingerprint density at radius 3 is 2.94 bits per heavy atom. The van der Waals surface area contributed by atoms with Crippen LogP contribution in [0.2, 0.25) is 0 Å². The topological polar surface area (TPSA) is 64.4 Å². The van der Waals surface area contributed by atoms with E-state index < -0.39 is 0 Å². The fourth-order valence-electron chi connectivity index (χ4n) is 2.08. The standard InChI is InChI=1S/C13H18N2O3/c1-10-3-4-11(7-12(10)15(16)17)8-14-13(2)5-6-18-9-13/h3-4,7,14H,5-6,8-9H2,1-2H3. The zero-order chi connectivity index (χ0) is 13.2. The van der Waals surface area contributed by atoms with Crippen LogP contribution < -0.4 is 5.32 Å². The van der Waals surface area contributed by atoms with Gasteiger partial charge in [0.2, 0.25) is 0 Å². The van der Waals surface area contributed by atoms with Crippen molar-refractivity contribution in [1.29, 1.82) is 0 Å². The molecule has 0 spiro atoms. The number of rotatable bonds is 4. The van der Waals surface area contributed by atoms with Gasteiger partial charge in [-0.2, -0.15) is 0 Å². The molecule has 0 aromatic heterocycles. The first-order chi connectivity index (χ1) is 8.50. The van der Waals surface area contributed by atoms with Crippen molar-refractivity contribution in [3.8, 4) is 0 Å². The number of benzene rings is 1. The van der Waals surface area contributed by atoms with Gasteiger partial charge in [0.05, 0.1) is 11.5 Å². The molecule has 1 unspecified atom stereocenters. The summed E-state index contributed by atoms with van der Waals surface area (Å²) in [6, 6.07) is 5.36. The number of ether oxygens (including phenoxy) is 1. The molecule has 0 radical (unpaired) electrons. The Balaban J connectivity index is 2.05. The van der Waals surface area contributed by atoms with Crippen LogP contribution in [0, 0.1) is 17.0 Å². The third-order valence-corrected chi connectivity index (χ3v) is 3.41. The van der Waals surface area contributed by atoms with Crippen molar-refractivity contribution in [1.82, 2.24) is 5.32 Å². The SMILES string of the molecule is Cc1ccc(CNC2(C)CCOC2)cc1[N+](=O)[O-]. The number of nitrogens with zero attached hydrogens (tertiary/aromatic N) is 1. The van der Waals surface area contributed by atoms with Crippen molar-refractivity contribution in [2.24, 2.45) is 0 Å². The number of hydrogen-bond donors (Lipinski definition) is 1. The van der Waals surface area contributed by atoms with Crippen LogP contribution in [0.1, 0.15) is 24.5 Å². The van der Waals surface area contributed by atoms with Gasteiger partial charge in [-0.15, -0.1) is 0 Å². The molecule has 1 fully saturated rings. The Bertz CT molecular complexity index is 454. The molecule has 1 heterocycles. The van der Waals surface area contributed by atoms with E-state index in [1.807, 2.05) is 6.07 Å². The molecule has 1 atom stereocenters. The van der Waals surface area contributed by atoms with Gasteiger partial charge in [0.1, 0.15) is 0 Å². The van der Waals surface area contributed by atoms with Gasteiger partial charge in [0, 0.05) is 30.3 Å². The van der Waals surface area contributed by atoms with E-state index in [1.165, 1.54) is 0 Å². The van der Waals surface area contributed by atoms with E-state index in [4.69, 9.17) is 4.74 Å². The lowest BCUT2D eigenvalue weighted by atomic mass is 10.0. The molecule has 18 heavy (non-hydrogen) atoms. The Kier molecular flexibility index (Phi) is 3.63. The Labute approximate surface area is 106 Å². The van der Waals surface area contributed by atoms with E-state index in [0.717, 1.165) is 18.6 Å². The molecule has 0 saturated carbocycles. The first kappa shape index (κ1) is 13.0. The van der Waals surface area contributed by atoms with Gasteiger partial charge in [-0.05, 0) is 25.8 Å². The van der Waals surface area contributed by atoms with Crippen LogP contribution in [0.5, 0.6) is 0 Å². The van der Waals surface area contributed by atoms with Gasteiger partial charge in [-0.1, -0.05) is 12.1 Å². The molecule has 1 aliphatic heterocycles. The molecule has 2 rings (SSSR count). The smallest absolute Gasteiger partial charge is 0.272 e. The first-order valence-corrected chi connectivity index (χ1v) is 6.07. The lowest BCUT2D eigenvalue weighted by Gasteiger charge is -2.23. The molecular formula is C13H18N2O3. The van der Waals surface area contributed by atoms with E-state index in [0.29, 0.717) is 18.7 Å². The summed E-state index contributed by atoms with van der Waals surface area (Å²) >= 11 is 0. The van der Waals surface area contributed by atoms with Gasteiger partial charge in [-0.3, -0.25) is 10.1 Å². The molecule has 1 N–H and O–H groups in total. The zero-order valence-electron chi connectivity index (χ0n) is 10.7. The van der Waals surface area contributed by atoms with Gasteiger partial charge < -0.3 is 10.1 Å². The van der Waals surface area contributed by atoms with Crippen molar-refractivity contribution < 1.29 is 9.66 Å². The third-order valence-electron chi connectivity index (χ3n) is 3.41. The van der Waals surface area contributed by atoms with E-state index in [2.05, 4.69) is 12.2 Å². The monoisotopic (exact) mass is 250 g/mol. The maximum atomic E-state index is 10.9. The number of aryl methyl sites for hydroxylation is 1. The molecule has 5 heteroatoms. The van der Waals surface area contributed by atoms with E-state index >= 15 is 0 Å². The number of nitrogens with one attached hydrogen (secondary N) is 1. The van der Waals surface area contributed by atoms with Gasteiger partial charge in [-0.25, -0.2) is 0 Å². The maximum Gasteiger partial charge on any atom is 0.272 e. The highest BCUT2D eigenvalue weighted by Gasteiger charge is 2.28. The van der Waals surface area contributed by atoms with Crippen molar-refractivity contribution in [3.63, 3.8) is 0 Å². The Morgan fingerprint density at radius 1 is 1.56 bits per heavy atom. The minimum absolute atomic E-state index is 0.0142. The second kappa shape index (κ2) is 5.04. The fourth-order valence-corrected chi connectivity index (χ4v) is 2.08.